The standard InChI is InChI=1S/C32H59NO6/c1-2-3-4-5-6-7-8-9-10-11-12-13-14-15-16-17-18-19-20-21-22-26-33(27-23-30(34)35,28-24-31(36)37)29-25-32(38)39/h12-13H,2-11,14-29H2,1H3,(H2-,34,35,36,37,38,39)/p+1/b13-12+. The Balaban J connectivity index is 3.89. The average molecular weight is 555 g/mol. The van der Waals surface area contributed by atoms with Crippen molar-refractivity contribution in [3.8, 4) is 0 Å². The number of carbonyl (C=O) groups is 3. The van der Waals surface area contributed by atoms with E-state index in [-0.39, 0.29) is 43.4 Å². The first kappa shape index (κ1) is 37.1. The summed E-state index contributed by atoms with van der Waals surface area (Å²) in [6.07, 6.45) is 28.5. The fourth-order valence-corrected chi connectivity index (χ4v) is 5.25. The first-order valence-corrected chi connectivity index (χ1v) is 16.0. The second-order valence-corrected chi connectivity index (χ2v) is 11.4. The highest BCUT2D eigenvalue weighted by atomic mass is 16.4. The number of quaternary nitrogens is 1. The number of aliphatic carboxylic acids is 3. The van der Waals surface area contributed by atoms with Gasteiger partial charge in [0, 0.05) is 0 Å². The van der Waals surface area contributed by atoms with Crippen molar-refractivity contribution in [2.75, 3.05) is 26.2 Å². The lowest BCUT2D eigenvalue weighted by Crippen LogP contribution is -2.52. The summed E-state index contributed by atoms with van der Waals surface area (Å²) in [5.41, 5.74) is 0. The van der Waals surface area contributed by atoms with E-state index in [1.54, 1.807) is 0 Å². The molecule has 0 heterocycles. The summed E-state index contributed by atoms with van der Waals surface area (Å²) in [7, 11) is 0. The van der Waals surface area contributed by atoms with Gasteiger partial charge in [-0.25, -0.2) is 0 Å². The molecule has 0 unspecified atom stereocenters. The zero-order valence-electron chi connectivity index (χ0n) is 25.1. The number of rotatable bonds is 30. The highest BCUT2D eigenvalue weighted by molar-refractivity contribution is 5.67. The van der Waals surface area contributed by atoms with Crippen molar-refractivity contribution in [1.29, 1.82) is 0 Å². The third kappa shape index (κ3) is 26.1. The van der Waals surface area contributed by atoms with Crippen molar-refractivity contribution in [3.05, 3.63) is 12.2 Å². The number of carboxylic acid groups (broad SMARTS) is 3. The van der Waals surface area contributed by atoms with Gasteiger partial charge in [0.05, 0.1) is 45.4 Å². The monoisotopic (exact) mass is 554 g/mol. The van der Waals surface area contributed by atoms with E-state index in [0.29, 0.717) is 6.54 Å². The minimum atomic E-state index is -0.933. The summed E-state index contributed by atoms with van der Waals surface area (Å²) >= 11 is 0. The summed E-state index contributed by atoms with van der Waals surface area (Å²) in [4.78, 5) is 33.4. The highest BCUT2D eigenvalue weighted by Gasteiger charge is 2.29. The first-order chi connectivity index (χ1) is 18.8. The van der Waals surface area contributed by atoms with Crippen LogP contribution in [0.4, 0.5) is 0 Å². The molecule has 3 N–H and O–H groups in total. The van der Waals surface area contributed by atoms with Crippen LogP contribution in [-0.2, 0) is 14.4 Å². The number of allylic oxidation sites excluding steroid dienone is 2. The number of carboxylic acids is 3. The van der Waals surface area contributed by atoms with E-state index in [9.17, 15) is 14.4 Å². The summed E-state index contributed by atoms with van der Waals surface area (Å²) in [6, 6.07) is 0. The molecule has 0 spiro atoms. The third-order valence-electron chi connectivity index (χ3n) is 7.79. The molecule has 0 aliphatic rings. The largest absolute Gasteiger partial charge is 0.481 e. The van der Waals surface area contributed by atoms with Gasteiger partial charge in [0.25, 0.3) is 0 Å². The third-order valence-corrected chi connectivity index (χ3v) is 7.79. The van der Waals surface area contributed by atoms with Gasteiger partial charge in [-0.3, -0.25) is 14.4 Å². The van der Waals surface area contributed by atoms with Crippen molar-refractivity contribution in [1.82, 2.24) is 0 Å². The molecule has 7 nitrogen and oxygen atoms in total. The van der Waals surface area contributed by atoms with Crippen LogP contribution in [-0.4, -0.2) is 63.9 Å². The van der Waals surface area contributed by atoms with Crippen LogP contribution >= 0.6 is 0 Å². The lowest BCUT2D eigenvalue weighted by Gasteiger charge is -2.38. The quantitative estimate of drug-likeness (QED) is 0.0468. The van der Waals surface area contributed by atoms with Crippen LogP contribution in [0.1, 0.15) is 148 Å². The molecule has 0 aromatic rings. The fourth-order valence-electron chi connectivity index (χ4n) is 5.25. The Hall–Kier alpha value is -1.89. The number of hydrogen-bond acceptors (Lipinski definition) is 3. The molecule has 228 valence electrons. The van der Waals surface area contributed by atoms with Gasteiger partial charge in [-0.05, 0) is 38.5 Å². The molecule has 0 aromatic heterocycles. The summed E-state index contributed by atoms with van der Waals surface area (Å²) in [5, 5.41) is 27.4. The molecule has 0 aromatic carbocycles. The molecular weight excluding hydrogens is 494 g/mol. The lowest BCUT2D eigenvalue weighted by atomic mass is 10.1. The SMILES string of the molecule is CCCCCCCCCCC/C=C/CCCCCCCCCC[N+](CCC(=O)O)(CCC(=O)O)CCC(=O)O. The molecule has 0 saturated carbocycles. The maximum atomic E-state index is 11.1. The smallest absolute Gasteiger partial charge is 0.309 e. The highest BCUT2D eigenvalue weighted by Crippen LogP contribution is 2.17. The maximum Gasteiger partial charge on any atom is 0.309 e. The molecular formula is C32H60NO6+. The molecule has 0 saturated heterocycles. The van der Waals surface area contributed by atoms with Crippen LogP contribution in [0.2, 0.25) is 0 Å². The predicted molar refractivity (Wildman–Crippen MR) is 159 cm³/mol. The summed E-state index contributed by atoms with van der Waals surface area (Å²) in [5.74, 6) is -2.80. The Bertz CT molecular complexity index is 603. The van der Waals surface area contributed by atoms with Crippen molar-refractivity contribution in [2.24, 2.45) is 0 Å². The molecule has 0 aliphatic carbocycles. The molecule has 0 amide bonds. The van der Waals surface area contributed by atoms with Gasteiger partial charge in [-0.15, -0.1) is 0 Å². The summed E-state index contributed by atoms with van der Waals surface area (Å²) in [6.45, 7) is 3.75. The fraction of sp³-hybridized carbons (Fsp3) is 0.844. The van der Waals surface area contributed by atoms with Gasteiger partial charge in [-0.1, -0.05) is 103 Å². The van der Waals surface area contributed by atoms with E-state index >= 15 is 0 Å². The molecule has 0 fully saturated rings. The van der Waals surface area contributed by atoms with E-state index in [0.717, 1.165) is 19.3 Å². The van der Waals surface area contributed by atoms with Crippen molar-refractivity contribution in [3.63, 3.8) is 0 Å². The van der Waals surface area contributed by atoms with Gasteiger partial charge in [0.15, 0.2) is 0 Å². The second kappa shape index (κ2) is 26.3. The number of hydrogen-bond donors (Lipinski definition) is 3. The molecule has 39 heavy (non-hydrogen) atoms. The Kier molecular flexibility index (Phi) is 25.1. The van der Waals surface area contributed by atoms with E-state index in [4.69, 9.17) is 15.3 Å². The predicted octanol–water partition coefficient (Wildman–Crippen LogP) is 8.22. The van der Waals surface area contributed by atoms with Crippen LogP contribution in [0.5, 0.6) is 0 Å². The zero-order chi connectivity index (χ0) is 29.0. The van der Waals surface area contributed by atoms with E-state index in [2.05, 4.69) is 19.1 Å². The Labute approximate surface area is 238 Å². The van der Waals surface area contributed by atoms with Crippen molar-refractivity contribution in [2.45, 2.75) is 148 Å². The Morgan fingerprint density at radius 2 is 0.769 bits per heavy atom. The average Bonchev–Trinajstić information content (AvgIpc) is 2.90. The molecule has 0 rings (SSSR count). The van der Waals surface area contributed by atoms with Crippen LogP contribution in [0.15, 0.2) is 12.2 Å². The first-order valence-electron chi connectivity index (χ1n) is 16.0. The second-order valence-electron chi connectivity index (χ2n) is 11.4. The number of nitrogens with zero attached hydrogens (tertiary/aromatic N) is 1. The van der Waals surface area contributed by atoms with Crippen molar-refractivity contribution < 1.29 is 34.2 Å². The lowest BCUT2D eigenvalue weighted by molar-refractivity contribution is -0.927. The van der Waals surface area contributed by atoms with E-state index < -0.39 is 17.9 Å². The minimum Gasteiger partial charge on any atom is -0.481 e. The molecule has 0 radical (unpaired) electrons. The van der Waals surface area contributed by atoms with Crippen LogP contribution < -0.4 is 0 Å². The molecule has 7 heteroatoms. The topological polar surface area (TPSA) is 112 Å². The normalized spacial score (nSPS) is 11.8. The van der Waals surface area contributed by atoms with Gasteiger partial charge in [0.1, 0.15) is 0 Å². The van der Waals surface area contributed by atoms with Gasteiger partial charge in [0.2, 0.25) is 0 Å². The minimum absolute atomic E-state index is 0.0757. The van der Waals surface area contributed by atoms with Crippen LogP contribution in [0.3, 0.4) is 0 Å². The Morgan fingerprint density at radius 3 is 1.10 bits per heavy atom. The van der Waals surface area contributed by atoms with Crippen molar-refractivity contribution >= 4 is 17.9 Å². The van der Waals surface area contributed by atoms with E-state index in [1.807, 2.05) is 0 Å². The molecule has 0 atom stereocenters. The Morgan fingerprint density at radius 1 is 0.462 bits per heavy atom. The van der Waals surface area contributed by atoms with Gasteiger partial charge in [-0.2, -0.15) is 0 Å². The number of unbranched alkanes of at least 4 members (excludes halogenated alkanes) is 17. The molecule has 0 bridgehead atoms. The van der Waals surface area contributed by atoms with Gasteiger partial charge >= 0.3 is 17.9 Å². The summed E-state index contributed by atoms with van der Waals surface area (Å²) < 4.78 is 0.261. The van der Waals surface area contributed by atoms with Crippen LogP contribution in [0, 0.1) is 0 Å². The maximum absolute atomic E-state index is 11.1. The molecule has 0 aliphatic heterocycles. The van der Waals surface area contributed by atoms with Gasteiger partial charge < -0.3 is 19.8 Å². The van der Waals surface area contributed by atoms with Crippen LogP contribution in [0.25, 0.3) is 0 Å². The zero-order valence-corrected chi connectivity index (χ0v) is 25.1. The van der Waals surface area contributed by atoms with E-state index in [1.165, 1.54) is 103 Å².